The number of hydrogen-bond acceptors (Lipinski definition) is 3. The fraction of sp³-hybridized carbons (Fsp3) is 0.846. The predicted octanol–water partition coefficient (Wildman–Crippen LogP) is 1.15. The van der Waals surface area contributed by atoms with Crippen LogP contribution in [0.1, 0.15) is 33.6 Å². The van der Waals surface area contributed by atoms with Crippen LogP contribution in [0.15, 0.2) is 0 Å². The van der Waals surface area contributed by atoms with Gasteiger partial charge in [0.25, 0.3) is 0 Å². The van der Waals surface area contributed by atoms with E-state index in [0.717, 1.165) is 6.42 Å². The van der Waals surface area contributed by atoms with Crippen LogP contribution in [0, 0.1) is 0 Å². The van der Waals surface area contributed by atoms with Crippen LogP contribution < -0.4 is 0 Å². The van der Waals surface area contributed by atoms with E-state index in [0.29, 0.717) is 26.1 Å². The molecule has 2 fully saturated rings. The van der Waals surface area contributed by atoms with Gasteiger partial charge in [0.15, 0.2) is 0 Å². The molecule has 108 valence electrons. The Balaban J connectivity index is 2.08. The SMILES string of the molecule is CC1CN(C(=O)N2CCC[C@H]2C(=O)O)CC(C)(C)O1. The molecule has 0 bridgehead atoms. The Bertz CT molecular complexity index is 383. The molecule has 2 aliphatic heterocycles. The first-order valence-corrected chi connectivity index (χ1v) is 6.76. The molecule has 1 N–H and O–H groups in total. The largest absolute Gasteiger partial charge is 0.480 e. The number of ether oxygens (including phenoxy) is 1. The van der Waals surface area contributed by atoms with E-state index in [4.69, 9.17) is 9.84 Å². The van der Waals surface area contributed by atoms with Gasteiger partial charge in [-0.05, 0) is 33.6 Å². The van der Waals surface area contributed by atoms with Crippen molar-refractivity contribution in [2.24, 2.45) is 0 Å². The van der Waals surface area contributed by atoms with Crippen LogP contribution in [-0.2, 0) is 9.53 Å². The third-order valence-electron chi connectivity index (χ3n) is 3.62. The summed E-state index contributed by atoms with van der Waals surface area (Å²) in [4.78, 5) is 26.8. The number of carboxylic acid groups (broad SMARTS) is 1. The smallest absolute Gasteiger partial charge is 0.326 e. The van der Waals surface area contributed by atoms with Crippen LogP contribution >= 0.6 is 0 Å². The molecule has 2 saturated heterocycles. The molecule has 0 aromatic carbocycles. The predicted molar refractivity (Wildman–Crippen MR) is 69.0 cm³/mol. The number of carboxylic acids is 1. The summed E-state index contributed by atoms with van der Waals surface area (Å²) >= 11 is 0. The molecule has 1 unspecified atom stereocenters. The van der Waals surface area contributed by atoms with Gasteiger partial charge in [-0.15, -0.1) is 0 Å². The van der Waals surface area contributed by atoms with E-state index >= 15 is 0 Å². The summed E-state index contributed by atoms with van der Waals surface area (Å²) in [6, 6.07) is -0.845. The zero-order valence-electron chi connectivity index (χ0n) is 11.8. The number of hydrogen-bond donors (Lipinski definition) is 1. The summed E-state index contributed by atoms with van der Waals surface area (Å²) < 4.78 is 5.76. The molecule has 0 radical (unpaired) electrons. The van der Waals surface area contributed by atoms with Crippen molar-refractivity contribution >= 4 is 12.0 Å². The van der Waals surface area contributed by atoms with Gasteiger partial charge >= 0.3 is 12.0 Å². The molecule has 6 heteroatoms. The average molecular weight is 270 g/mol. The highest BCUT2D eigenvalue weighted by Crippen LogP contribution is 2.25. The number of carbonyl (C=O) groups excluding carboxylic acids is 1. The Morgan fingerprint density at radius 1 is 1.37 bits per heavy atom. The lowest BCUT2D eigenvalue weighted by Crippen LogP contribution is -2.58. The molecule has 2 amide bonds. The van der Waals surface area contributed by atoms with E-state index in [-0.39, 0.29) is 17.7 Å². The van der Waals surface area contributed by atoms with E-state index in [9.17, 15) is 9.59 Å². The van der Waals surface area contributed by atoms with Gasteiger partial charge in [0, 0.05) is 13.1 Å². The van der Waals surface area contributed by atoms with Crippen LogP contribution in [-0.4, -0.2) is 64.3 Å². The Labute approximate surface area is 113 Å². The van der Waals surface area contributed by atoms with Gasteiger partial charge in [-0.25, -0.2) is 9.59 Å². The molecule has 0 aromatic rings. The molecule has 6 nitrogen and oxygen atoms in total. The summed E-state index contributed by atoms with van der Waals surface area (Å²) in [5, 5.41) is 9.15. The van der Waals surface area contributed by atoms with Gasteiger partial charge < -0.3 is 19.6 Å². The van der Waals surface area contributed by atoms with Crippen LogP contribution in [0.3, 0.4) is 0 Å². The van der Waals surface area contributed by atoms with Crippen LogP contribution in [0.25, 0.3) is 0 Å². The third-order valence-corrected chi connectivity index (χ3v) is 3.62. The van der Waals surface area contributed by atoms with Gasteiger partial charge in [0.2, 0.25) is 0 Å². The normalized spacial score (nSPS) is 30.5. The molecule has 0 saturated carbocycles. The van der Waals surface area contributed by atoms with Crippen molar-refractivity contribution in [3.8, 4) is 0 Å². The van der Waals surface area contributed by atoms with E-state index in [1.807, 2.05) is 20.8 Å². The number of nitrogens with zero attached hydrogens (tertiary/aromatic N) is 2. The Kier molecular flexibility index (Phi) is 3.71. The molecule has 2 rings (SSSR count). The molecule has 0 aliphatic carbocycles. The van der Waals surface area contributed by atoms with Crippen molar-refractivity contribution in [2.75, 3.05) is 19.6 Å². The van der Waals surface area contributed by atoms with Crippen molar-refractivity contribution in [2.45, 2.75) is 51.4 Å². The molecule has 0 aromatic heterocycles. The van der Waals surface area contributed by atoms with E-state index < -0.39 is 12.0 Å². The number of likely N-dealkylation sites (tertiary alicyclic amines) is 1. The zero-order valence-corrected chi connectivity index (χ0v) is 11.8. The summed E-state index contributed by atoms with van der Waals surface area (Å²) in [5.41, 5.74) is -0.383. The van der Waals surface area contributed by atoms with Gasteiger partial charge in [0.1, 0.15) is 6.04 Å². The zero-order chi connectivity index (χ0) is 14.2. The summed E-state index contributed by atoms with van der Waals surface area (Å²) in [5.74, 6) is -0.911. The molecule has 2 atom stereocenters. The highest BCUT2D eigenvalue weighted by atomic mass is 16.5. The topological polar surface area (TPSA) is 70.1 Å². The minimum atomic E-state index is -0.911. The molecular formula is C13H22N2O4. The number of rotatable bonds is 1. The second-order valence-electron chi connectivity index (χ2n) is 6.04. The van der Waals surface area contributed by atoms with Crippen molar-refractivity contribution in [1.29, 1.82) is 0 Å². The number of aliphatic carboxylic acids is 1. The number of morpholine rings is 1. The second-order valence-corrected chi connectivity index (χ2v) is 6.04. The lowest BCUT2D eigenvalue weighted by atomic mass is 10.1. The molecular weight excluding hydrogens is 248 g/mol. The number of amides is 2. The van der Waals surface area contributed by atoms with E-state index in [1.54, 1.807) is 4.90 Å². The molecule has 0 spiro atoms. The minimum absolute atomic E-state index is 0.0291. The highest BCUT2D eigenvalue weighted by molar-refractivity contribution is 5.83. The lowest BCUT2D eigenvalue weighted by Gasteiger charge is -2.43. The first-order valence-electron chi connectivity index (χ1n) is 6.76. The summed E-state index contributed by atoms with van der Waals surface area (Å²) in [7, 11) is 0. The molecule has 19 heavy (non-hydrogen) atoms. The molecule has 2 heterocycles. The Morgan fingerprint density at radius 2 is 2.05 bits per heavy atom. The quantitative estimate of drug-likeness (QED) is 0.776. The van der Waals surface area contributed by atoms with Crippen LogP contribution in [0.2, 0.25) is 0 Å². The number of carbonyl (C=O) groups is 2. The Morgan fingerprint density at radius 3 is 2.63 bits per heavy atom. The highest BCUT2D eigenvalue weighted by Gasteiger charge is 2.40. The maximum Gasteiger partial charge on any atom is 0.326 e. The maximum absolute atomic E-state index is 12.5. The van der Waals surface area contributed by atoms with E-state index in [2.05, 4.69) is 0 Å². The Hall–Kier alpha value is -1.30. The summed E-state index contributed by atoms with van der Waals surface area (Å²) in [6.45, 7) is 7.37. The van der Waals surface area contributed by atoms with Crippen LogP contribution in [0.5, 0.6) is 0 Å². The fourth-order valence-corrected chi connectivity index (χ4v) is 3.03. The van der Waals surface area contributed by atoms with Gasteiger partial charge in [-0.3, -0.25) is 0 Å². The van der Waals surface area contributed by atoms with Crippen molar-refractivity contribution in [1.82, 2.24) is 9.80 Å². The first kappa shape index (κ1) is 14.1. The monoisotopic (exact) mass is 270 g/mol. The average Bonchev–Trinajstić information content (AvgIpc) is 2.73. The van der Waals surface area contributed by atoms with Crippen molar-refractivity contribution < 1.29 is 19.4 Å². The van der Waals surface area contributed by atoms with Gasteiger partial charge in [-0.2, -0.15) is 0 Å². The maximum atomic E-state index is 12.5. The number of urea groups is 1. The van der Waals surface area contributed by atoms with Crippen LogP contribution in [0.4, 0.5) is 4.79 Å². The fourth-order valence-electron chi connectivity index (χ4n) is 3.03. The van der Waals surface area contributed by atoms with Gasteiger partial charge in [0.05, 0.1) is 18.2 Å². The second kappa shape index (κ2) is 5.00. The van der Waals surface area contributed by atoms with E-state index in [1.165, 1.54) is 4.90 Å². The minimum Gasteiger partial charge on any atom is -0.480 e. The van der Waals surface area contributed by atoms with Crippen molar-refractivity contribution in [3.63, 3.8) is 0 Å². The standard InChI is InChI=1S/C13H22N2O4/c1-9-7-14(8-13(2,3)19-9)12(18)15-6-4-5-10(15)11(16)17/h9-10H,4-8H2,1-3H3,(H,16,17)/t9?,10-/m0/s1. The molecule has 2 aliphatic rings. The van der Waals surface area contributed by atoms with Crippen molar-refractivity contribution in [3.05, 3.63) is 0 Å². The third kappa shape index (κ3) is 3.00. The van der Waals surface area contributed by atoms with Gasteiger partial charge in [-0.1, -0.05) is 0 Å². The summed E-state index contributed by atoms with van der Waals surface area (Å²) in [6.07, 6.45) is 1.27. The first-order chi connectivity index (χ1) is 8.80. The lowest BCUT2D eigenvalue weighted by molar-refractivity contribution is -0.142.